The Morgan fingerprint density at radius 2 is 1.83 bits per heavy atom. The molecule has 0 unspecified atom stereocenters. The average molecular weight is 429 g/mol. The number of carbonyl (C=O) groups is 1. The molecule has 11 heteroatoms. The Kier molecular flexibility index (Phi) is 7.46. The predicted octanol–water partition coefficient (Wildman–Crippen LogP) is 0.928. The van der Waals surface area contributed by atoms with Gasteiger partial charge in [0.25, 0.3) is 5.56 Å². The summed E-state index contributed by atoms with van der Waals surface area (Å²) in [5.41, 5.74) is 0.374. The number of hydrogen-bond donors (Lipinski definition) is 2. The van der Waals surface area contributed by atoms with E-state index in [1.54, 1.807) is 13.0 Å². The molecule has 29 heavy (non-hydrogen) atoms. The number of halogens is 2. The molecule has 1 heterocycles. The van der Waals surface area contributed by atoms with E-state index in [9.17, 15) is 26.8 Å². The molecular formula is C18H21F2N3O5S. The van der Waals surface area contributed by atoms with Crippen LogP contribution in [0.25, 0.3) is 0 Å². The number of hydrogen-bond acceptors (Lipinski definition) is 5. The van der Waals surface area contributed by atoms with E-state index in [-0.39, 0.29) is 31.6 Å². The van der Waals surface area contributed by atoms with Crippen LogP contribution in [0.4, 0.5) is 8.78 Å². The number of aromatic nitrogens is 1. The normalized spacial score (nSPS) is 11.3. The highest BCUT2D eigenvalue weighted by Gasteiger charge is 2.23. The molecule has 0 saturated carbocycles. The van der Waals surface area contributed by atoms with E-state index in [0.29, 0.717) is 11.4 Å². The number of nitrogens with zero attached hydrogens (tertiary/aromatic N) is 1. The highest BCUT2D eigenvalue weighted by Crippen LogP contribution is 2.17. The minimum atomic E-state index is -4.44. The highest BCUT2D eigenvalue weighted by atomic mass is 32.2. The van der Waals surface area contributed by atoms with Gasteiger partial charge in [0, 0.05) is 37.8 Å². The van der Waals surface area contributed by atoms with Crippen LogP contribution < -0.4 is 20.3 Å². The van der Waals surface area contributed by atoms with Gasteiger partial charge in [-0.1, -0.05) is 6.07 Å². The first-order chi connectivity index (χ1) is 13.7. The molecular weight excluding hydrogens is 408 g/mol. The van der Waals surface area contributed by atoms with Crippen LogP contribution in [0.5, 0.6) is 5.75 Å². The molecule has 0 aliphatic rings. The molecule has 1 aromatic carbocycles. The second-order valence-corrected chi connectivity index (χ2v) is 7.78. The zero-order valence-electron chi connectivity index (χ0n) is 15.9. The molecule has 0 aliphatic carbocycles. The van der Waals surface area contributed by atoms with Gasteiger partial charge in [0.15, 0.2) is 4.90 Å². The van der Waals surface area contributed by atoms with Crippen molar-refractivity contribution >= 4 is 15.9 Å². The molecule has 2 N–H and O–H groups in total. The monoisotopic (exact) mass is 429 g/mol. The van der Waals surface area contributed by atoms with Crippen LogP contribution in [0.15, 0.2) is 40.0 Å². The number of amides is 1. The third-order valence-corrected chi connectivity index (χ3v) is 5.55. The largest absolute Gasteiger partial charge is 0.496 e. The maximum atomic E-state index is 13.6. The molecule has 2 aromatic rings. The van der Waals surface area contributed by atoms with Gasteiger partial charge in [0.1, 0.15) is 17.4 Å². The Labute approximate surface area is 166 Å². The molecule has 0 radical (unpaired) electrons. The SMILES string of the molecule is COc1cc(C)n(CCNC(=O)CCNS(=O)(=O)c2c(F)cccc2F)c(=O)c1. The first kappa shape index (κ1) is 22.5. The van der Waals surface area contributed by atoms with Crippen molar-refractivity contribution in [3.8, 4) is 5.75 Å². The first-order valence-electron chi connectivity index (χ1n) is 8.61. The fourth-order valence-corrected chi connectivity index (χ4v) is 3.77. The van der Waals surface area contributed by atoms with Crippen molar-refractivity contribution in [1.29, 1.82) is 0 Å². The number of rotatable bonds is 9. The quantitative estimate of drug-likeness (QED) is 0.617. The van der Waals surface area contributed by atoms with E-state index in [4.69, 9.17) is 4.74 Å². The van der Waals surface area contributed by atoms with Crippen LogP contribution >= 0.6 is 0 Å². The number of benzene rings is 1. The molecule has 0 spiro atoms. The summed E-state index contributed by atoms with van der Waals surface area (Å²) in [5.74, 6) is -2.49. The predicted molar refractivity (Wildman–Crippen MR) is 101 cm³/mol. The molecule has 1 aromatic heterocycles. The van der Waals surface area contributed by atoms with Crippen LogP contribution in [0.2, 0.25) is 0 Å². The van der Waals surface area contributed by atoms with Crippen molar-refractivity contribution in [1.82, 2.24) is 14.6 Å². The number of carbonyl (C=O) groups excluding carboxylic acids is 1. The van der Waals surface area contributed by atoms with Crippen molar-refractivity contribution in [3.63, 3.8) is 0 Å². The van der Waals surface area contributed by atoms with Crippen LogP contribution in [0.1, 0.15) is 12.1 Å². The number of nitrogens with one attached hydrogen (secondary N) is 2. The summed E-state index contributed by atoms with van der Waals surface area (Å²) in [7, 11) is -2.98. The van der Waals surface area contributed by atoms with Crippen LogP contribution in [-0.2, 0) is 21.4 Å². The van der Waals surface area contributed by atoms with Gasteiger partial charge in [-0.25, -0.2) is 21.9 Å². The van der Waals surface area contributed by atoms with Gasteiger partial charge < -0.3 is 14.6 Å². The van der Waals surface area contributed by atoms with E-state index < -0.39 is 32.5 Å². The average Bonchev–Trinajstić information content (AvgIpc) is 2.63. The topological polar surface area (TPSA) is 106 Å². The second-order valence-electron chi connectivity index (χ2n) is 6.07. The fraction of sp³-hybridized carbons (Fsp3) is 0.333. The van der Waals surface area contributed by atoms with Crippen molar-refractivity contribution < 1.29 is 26.7 Å². The zero-order chi connectivity index (χ0) is 21.6. The third-order valence-electron chi connectivity index (χ3n) is 4.03. The van der Waals surface area contributed by atoms with Gasteiger partial charge in [-0.2, -0.15) is 0 Å². The summed E-state index contributed by atoms with van der Waals surface area (Å²) in [6.45, 7) is 1.74. The third kappa shape index (κ3) is 5.84. The molecule has 0 bridgehead atoms. The van der Waals surface area contributed by atoms with Crippen molar-refractivity contribution in [2.75, 3.05) is 20.2 Å². The Morgan fingerprint density at radius 3 is 2.41 bits per heavy atom. The Balaban J connectivity index is 1.85. The zero-order valence-corrected chi connectivity index (χ0v) is 16.7. The van der Waals surface area contributed by atoms with Crippen LogP contribution in [-0.4, -0.2) is 39.1 Å². The molecule has 0 fully saturated rings. The van der Waals surface area contributed by atoms with Crippen molar-refractivity contribution in [2.45, 2.75) is 24.8 Å². The Morgan fingerprint density at radius 1 is 1.17 bits per heavy atom. The molecule has 0 atom stereocenters. The van der Waals surface area contributed by atoms with E-state index in [2.05, 4.69) is 5.32 Å². The summed E-state index contributed by atoms with van der Waals surface area (Å²) in [6.07, 6.45) is -0.244. The smallest absolute Gasteiger partial charge is 0.254 e. The lowest BCUT2D eigenvalue weighted by Gasteiger charge is -2.12. The van der Waals surface area contributed by atoms with Gasteiger partial charge in [0.2, 0.25) is 15.9 Å². The summed E-state index contributed by atoms with van der Waals surface area (Å²) < 4.78 is 59.7. The minimum absolute atomic E-state index is 0.139. The van der Waals surface area contributed by atoms with E-state index in [0.717, 1.165) is 18.2 Å². The highest BCUT2D eigenvalue weighted by molar-refractivity contribution is 7.89. The molecule has 2 rings (SSSR count). The number of sulfonamides is 1. The lowest BCUT2D eigenvalue weighted by Crippen LogP contribution is -2.34. The summed E-state index contributed by atoms with van der Waals surface area (Å²) in [6, 6.07) is 5.71. The Bertz CT molecular complexity index is 1030. The maximum Gasteiger partial charge on any atom is 0.254 e. The molecule has 1 amide bonds. The van der Waals surface area contributed by atoms with E-state index in [1.807, 2.05) is 4.72 Å². The number of aryl methyl sites for hydroxylation is 1. The minimum Gasteiger partial charge on any atom is -0.496 e. The Hall–Kier alpha value is -2.79. The standard InChI is InChI=1S/C18H21F2N3O5S/c1-12-10-13(28-2)11-17(25)23(12)9-8-21-16(24)6-7-22-29(26,27)18-14(19)4-3-5-15(18)20/h3-5,10-11,22H,6-9H2,1-2H3,(H,21,24). The van der Waals surface area contributed by atoms with Gasteiger partial charge in [-0.3, -0.25) is 9.59 Å². The summed E-state index contributed by atoms with van der Waals surface area (Å²) in [5, 5.41) is 2.55. The van der Waals surface area contributed by atoms with E-state index >= 15 is 0 Å². The number of methoxy groups -OCH3 is 1. The molecule has 0 aliphatic heterocycles. The van der Waals surface area contributed by atoms with Crippen molar-refractivity contribution in [2.24, 2.45) is 0 Å². The van der Waals surface area contributed by atoms with Crippen molar-refractivity contribution in [3.05, 3.63) is 58.0 Å². The molecule has 8 nitrogen and oxygen atoms in total. The van der Waals surface area contributed by atoms with E-state index in [1.165, 1.54) is 17.7 Å². The lowest BCUT2D eigenvalue weighted by atomic mass is 10.3. The lowest BCUT2D eigenvalue weighted by molar-refractivity contribution is -0.120. The maximum absolute atomic E-state index is 13.6. The summed E-state index contributed by atoms with van der Waals surface area (Å²) in [4.78, 5) is 22.8. The molecule has 0 saturated heterocycles. The fourth-order valence-electron chi connectivity index (χ4n) is 2.61. The van der Waals surface area contributed by atoms with Gasteiger partial charge in [-0.15, -0.1) is 0 Å². The van der Waals surface area contributed by atoms with Gasteiger partial charge in [-0.05, 0) is 25.1 Å². The van der Waals surface area contributed by atoms with Crippen LogP contribution in [0, 0.1) is 18.6 Å². The number of ether oxygens (including phenoxy) is 1. The van der Waals surface area contributed by atoms with Gasteiger partial charge >= 0.3 is 0 Å². The second kappa shape index (κ2) is 9.61. The number of pyridine rings is 1. The summed E-state index contributed by atoms with van der Waals surface area (Å²) >= 11 is 0. The van der Waals surface area contributed by atoms with Gasteiger partial charge in [0.05, 0.1) is 7.11 Å². The van der Waals surface area contributed by atoms with Crippen LogP contribution in [0.3, 0.4) is 0 Å². The first-order valence-corrected chi connectivity index (χ1v) is 10.1. The molecule has 158 valence electrons.